The van der Waals surface area contributed by atoms with Gasteiger partial charge in [0.05, 0.1) is 32.6 Å². The van der Waals surface area contributed by atoms with Crippen molar-refractivity contribution in [2.45, 2.75) is 19.8 Å². The number of thiazole rings is 2. The number of aromatic nitrogens is 2. The van der Waals surface area contributed by atoms with E-state index in [9.17, 15) is 4.79 Å². The number of amides is 1. The fraction of sp³-hybridized carbons (Fsp3) is 0.318. The largest absolute Gasteiger partial charge is 0.497 e. The third-order valence-corrected chi connectivity index (χ3v) is 7.51. The van der Waals surface area contributed by atoms with E-state index in [1.807, 2.05) is 43.3 Å². The van der Waals surface area contributed by atoms with E-state index >= 15 is 0 Å². The number of carbonyl (C=O) groups excluding carboxylic acids is 1. The average Bonchev–Trinajstić information content (AvgIpc) is 3.35. The maximum atomic E-state index is 12.8. The standard InChI is InChI=1S/C22H22N4O2S2/c1-13-23-18-11-15(3-6-19(18)29-13)24-21(27)14-7-9-26(10-8-14)22-25-17-5-4-16(28-2)12-20(17)30-22/h3-6,11-12,14H,7-10H2,1-2H3,(H,24,27). The zero-order valence-corrected chi connectivity index (χ0v) is 18.5. The van der Waals surface area contributed by atoms with Gasteiger partial charge in [-0.1, -0.05) is 11.3 Å². The third-order valence-electron chi connectivity index (χ3n) is 5.48. The van der Waals surface area contributed by atoms with Crippen molar-refractivity contribution in [2.75, 3.05) is 30.4 Å². The number of fused-ring (bicyclic) bond motifs is 2. The summed E-state index contributed by atoms with van der Waals surface area (Å²) in [5.74, 6) is 0.956. The number of methoxy groups -OCH3 is 1. The number of nitrogens with zero attached hydrogens (tertiary/aromatic N) is 3. The van der Waals surface area contributed by atoms with Gasteiger partial charge in [-0.3, -0.25) is 4.79 Å². The second-order valence-electron chi connectivity index (χ2n) is 7.50. The molecule has 5 rings (SSSR count). The Balaban J connectivity index is 1.23. The lowest BCUT2D eigenvalue weighted by Crippen LogP contribution is -2.38. The lowest BCUT2D eigenvalue weighted by atomic mass is 9.96. The molecule has 0 aliphatic carbocycles. The van der Waals surface area contributed by atoms with Gasteiger partial charge in [0, 0.05) is 24.7 Å². The monoisotopic (exact) mass is 438 g/mol. The van der Waals surface area contributed by atoms with E-state index in [-0.39, 0.29) is 11.8 Å². The molecule has 2 aromatic heterocycles. The Labute approximate surface area is 182 Å². The predicted octanol–water partition coefficient (Wildman–Crippen LogP) is 5.08. The topological polar surface area (TPSA) is 67.3 Å². The van der Waals surface area contributed by atoms with Crippen LogP contribution in [0.15, 0.2) is 36.4 Å². The minimum atomic E-state index is 0.0172. The average molecular weight is 439 g/mol. The van der Waals surface area contributed by atoms with Crippen LogP contribution in [0.4, 0.5) is 10.8 Å². The fourth-order valence-corrected chi connectivity index (χ4v) is 5.71. The molecule has 30 heavy (non-hydrogen) atoms. The summed E-state index contributed by atoms with van der Waals surface area (Å²) in [4.78, 5) is 24.3. The van der Waals surface area contributed by atoms with Gasteiger partial charge in [-0.15, -0.1) is 11.3 Å². The van der Waals surface area contributed by atoms with Crippen molar-refractivity contribution in [3.8, 4) is 5.75 Å². The molecule has 0 atom stereocenters. The fourth-order valence-electron chi connectivity index (χ4n) is 3.85. The maximum Gasteiger partial charge on any atom is 0.227 e. The van der Waals surface area contributed by atoms with Gasteiger partial charge in [0.25, 0.3) is 0 Å². The molecule has 0 unspecified atom stereocenters. The molecule has 4 aromatic rings. The molecule has 0 bridgehead atoms. The molecule has 1 amide bonds. The summed E-state index contributed by atoms with van der Waals surface area (Å²) >= 11 is 3.34. The van der Waals surface area contributed by atoms with Crippen LogP contribution in [0.5, 0.6) is 5.75 Å². The number of anilines is 2. The van der Waals surface area contributed by atoms with Crippen molar-refractivity contribution in [1.29, 1.82) is 0 Å². The first-order chi connectivity index (χ1) is 14.6. The van der Waals surface area contributed by atoms with Crippen LogP contribution in [-0.2, 0) is 4.79 Å². The van der Waals surface area contributed by atoms with Crippen molar-refractivity contribution in [1.82, 2.24) is 9.97 Å². The number of benzene rings is 2. The number of hydrogen-bond donors (Lipinski definition) is 1. The molecule has 1 saturated heterocycles. The lowest BCUT2D eigenvalue weighted by molar-refractivity contribution is -0.120. The molecule has 0 spiro atoms. The van der Waals surface area contributed by atoms with Crippen LogP contribution in [0.25, 0.3) is 20.4 Å². The number of aryl methyl sites for hydroxylation is 1. The van der Waals surface area contributed by atoms with Crippen LogP contribution in [0.1, 0.15) is 17.8 Å². The Bertz CT molecular complexity index is 1220. The van der Waals surface area contributed by atoms with E-state index in [2.05, 4.69) is 15.2 Å². The number of rotatable bonds is 4. The number of nitrogens with one attached hydrogen (secondary N) is 1. The van der Waals surface area contributed by atoms with E-state index in [1.54, 1.807) is 29.8 Å². The summed E-state index contributed by atoms with van der Waals surface area (Å²) in [6.45, 7) is 3.66. The Morgan fingerprint density at radius 2 is 1.90 bits per heavy atom. The van der Waals surface area contributed by atoms with Crippen molar-refractivity contribution >= 4 is 59.8 Å². The highest BCUT2D eigenvalue weighted by molar-refractivity contribution is 7.22. The lowest BCUT2D eigenvalue weighted by Gasteiger charge is -2.31. The van der Waals surface area contributed by atoms with Crippen LogP contribution in [-0.4, -0.2) is 36.1 Å². The minimum absolute atomic E-state index is 0.0172. The number of ether oxygens (including phenoxy) is 1. The molecular weight excluding hydrogens is 416 g/mol. The Morgan fingerprint density at radius 1 is 1.07 bits per heavy atom. The van der Waals surface area contributed by atoms with E-state index in [4.69, 9.17) is 9.72 Å². The molecule has 2 aromatic carbocycles. The first-order valence-electron chi connectivity index (χ1n) is 9.96. The SMILES string of the molecule is COc1ccc2nc(N3CCC(C(=O)Nc4ccc5sc(C)nc5c4)CC3)sc2c1. The molecule has 6 nitrogen and oxygen atoms in total. The summed E-state index contributed by atoms with van der Waals surface area (Å²) in [5, 5.41) is 5.13. The van der Waals surface area contributed by atoms with Crippen molar-refractivity contribution in [3.05, 3.63) is 41.4 Å². The van der Waals surface area contributed by atoms with Crippen LogP contribution in [0, 0.1) is 12.8 Å². The Morgan fingerprint density at radius 3 is 2.70 bits per heavy atom. The summed E-state index contributed by atoms with van der Waals surface area (Å²) in [6.07, 6.45) is 1.65. The molecule has 1 fully saturated rings. The molecular formula is C22H22N4O2S2. The van der Waals surface area contributed by atoms with Crippen molar-refractivity contribution < 1.29 is 9.53 Å². The summed E-state index contributed by atoms with van der Waals surface area (Å²) in [7, 11) is 1.68. The molecule has 1 aliphatic heterocycles. The van der Waals surface area contributed by atoms with Crippen molar-refractivity contribution in [2.24, 2.45) is 5.92 Å². The minimum Gasteiger partial charge on any atom is -0.497 e. The Hall–Kier alpha value is -2.71. The predicted molar refractivity (Wildman–Crippen MR) is 124 cm³/mol. The smallest absolute Gasteiger partial charge is 0.227 e. The summed E-state index contributed by atoms with van der Waals surface area (Å²) in [6, 6.07) is 11.9. The van der Waals surface area contributed by atoms with E-state index in [0.29, 0.717) is 0 Å². The first kappa shape index (κ1) is 19.3. The summed E-state index contributed by atoms with van der Waals surface area (Å²) in [5.41, 5.74) is 2.75. The van der Waals surface area contributed by atoms with Crippen LogP contribution < -0.4 is 15.0 Å². The molecule has 0 saturated carbocycles. The molecule has 154 valence electrons. The van der Waals surface area contributed by atoms with Gasteiger partial charge in [-0.2, -0.15) is 0 Å². The normalized spacial score (nSPS) is 15.1. The molecule has 0 radical (unpaired) electrons. The van der Waals surface area contributed by atoms with Crippen LogP contribution >= 0.6 is 22.7 Å². The van der Waals surface area contributed by atoms with E-state index < -0.39 is 0 Å². The van der Waals surface area contributed by atoms with Crippen molar-refractivity contribution in [3.63, 3.8) is 0 Å². The second kappa shape index (κ2) is 7.85. The number of hydrogen-bond acceptors (Lipinski definition) is 7. The molecule has 3 heterocycles. The maximum absolute atomic E-state index is 12.8. The number of carbonyl (C=O) groups is 1. The van der Waals surface area contributed by atoms with Gasteiger partial charge in [0.1, 0.15) is 5.75 Å². The van der Waals surface area contributed by atoms with Gasteiger partial charge in [-0.05, 0) is 56.2 Å². The van der Waals surface area contributed by atoms with E-state index in [0.717, 1.165) is 67.9 Å². The van der Waals surface area contributed by atoms with Gasteiger partial charge in [-0.25, -0.2) is 9.97 Å². The molecule has 8 heteroatoms. The number of piperidine rings is 1. The zero-order valence-electron chi connectivity index (χ0n) is 16.8. The first-order valence-corrected chi connectivity index (χ1v) is 11.6. The van der Waals surface area contributed by atoms with E-state index in [1.165, 1.54) is 0 Å². The molecule has 1 aliphatic rings. The quantitative estimate of drug-likeness (QED) is 0.481. The van der Waals surface area contributed by atoms with Gasteiger partial charge < -0.3 is 15.0 Å². The highest BCUT2D eigenvalue weighted by atomic mass is 32.1. The zero-order chi connectivity index (χ0) is 20.7. The van der Waals surface area contributed by atoms with Crippen LogP contribution in [0.3, 0.4) is 0 Å². The Kier molecular flexibility index (Phi) is 5.04. The highest BCUT2D eigenvalue weighted by Gasteiger charge is 2.26. The third kappa shape index (κ3) is 3.73. The van der Waals surface area contributed by atoms with Crippen LogP contribution in [0.2, 0.25) is 0 Å². The van der Waals surface area contributed by atoms with Gasteiger partial charge in [0.2, 0.25) is 5.91 Å². The molecule has 1 N–H and O–H groups in total. The second-order valence-corrected chi connectivity index (χ2v) is 9.74. The highest BCUT2D eigenvalue weighted by Crippen LogP contribution is 2.33. The van der Waals surface area contributed by atoms with Gasteiger partial charge in [0.15, 0.2) is 5.13 Å². The summed E-state index contributed by atoms with van der Waals surface area (Å²) < 4.78 is 7.58. The van der Waals surface area contributed by atoms with Gasteiger partial charge >= 0.3 is 0 Å².